The second-order valence-corrected chi connectivity index (χ2v) is 14.6. The number of rotatable bonds is 4. The van der Waals surface area contributed by atoms with Gasteiger partial charge in [0.1, 0.15) is 0 Å². The van der Waals surface area contributed by atoms with Crippen molar-refractivity contribution in [2.45, 2.75) is 0 Å². The number of nitrogens with zero attached hydrogens (tertiary/aromatic N) is 4. The van der Waals surface area contributed by atoms with Gasteiger partial charge in [0, 0.05) is 49.1 Å². The normalized spacial score (nSPS) is 11.9. The molecule has 4 aromatic heterocycles. The number of para-hydroxylation sites is 3. The number of aromatic nitrogens is 4. The summed E-state index contributed by atoms with van der Waals surface area (Å²) < 4.78 is 4.88. The Morgan fingerprint density at radius 2 is 0.875 bits per heavy atom. The Balaban J connectivity index is 1.04. The zero-order chi connectivity index (χ0) is 36.7. The second-order valence-electron chi connectivity index (χ2n) is 14.6. The van der Waals surface area contributed by atoms with Crippen molar-refractivity contribution >= 4 is 70.8 Å². The lowest BCUT2D eigenvalue weighted by atomic mass is 10.0. The summed E-state index contributed by atoms with van der Waals surface area (Å²) in [7, 11) is 0. The third-order valence-electron chi connectivity index (χ3n) is 11.5. The van der Waals surface area contributed by atoms with Crippen LogP contribution in [0.25, 0.3) is 110 Å². The zero-order valence-corrected chi connectivity index (χ0v) is 30.3. The molecule has 12 rings (SSSR count). The first-order chi connectivity index (χ1) is 27.8. The minimum Gasteiger partial charge on any atom is -0.309 e. The summed E-state index contributed by atoms with van der Waals surface area (Å²) in [6.45, 7) is 0. The fourth-order valence-corrected chi connectivity index (χ4v) is 8.94. The largest absolute Gasteiger partial charge is 0.309 e. The van der Waals surface area contributed by atoms with E-state index in [1.54, 1.807) is 0 Å². The summed E-state index contributed by atoms with van der Waals surface area (Å²) in [5, 5.41) is 8.52. The molecule has 0 aliphatic heterocycles. The molecule has 4 nitrogen and oxygen atoms in total. The monoisotopic (exact) mass is 712 g/mol. The Kier molecular flexibility index (Phi) is 6.60. The Hall–Kier alpha value is -7.56. The van der Waals surface area contributed by atoms with Gasteiger partial charge in [-0.15, -0.1) is 0 Å². The van der Waals surface area contributed by atoms with Crippen LogP contribution in [0.15, 0.2) is 194 Å². The maximum atomic E-state index is 5.23. The van der Waals surface area contributed by atoms with Crippen molar-refractivity contribution in [3.63, 3.8) is 0 Å². The van der Waals surface area contributed by atoms with Gasteiger partial charge in [-0.05, 0) is 71.1 Å². The van der Waals surface area contributed by atoms with E-state index in [9.17, 15) is 0 Å². The Bertz CT molecular complexity index is 3500. The molecule has 0 radical (unpaired) electrons. The zero-order valence-electron chi connectivity index (χ0n) is 30.3. The molecule has 0 spiro atoms. The molecule has 0 saturated heterocycles. The molecule has 8 aromatic carbocycles. The van der Waals surface area contributed by atoms with Crippen LogP contribution in [-0.2, 0) is 0 Å². The number of benzene rings is 8. The third-order valence-corrected chi connectivity index (χ3v) is 11.5. The third kappa shape index (κ3) is 4.53. The molecule has 0 unspecified atom stereocenters. The quantitative estimate of drug-likeness (QED) is 0.170. The molecule has 0 fully saturated rings. The van der Waals surface area contributed by atoms with Crippen LogP contribution in [0.1, 0.15) is 0 Å². The maximum Gasteiger partial charge on any atom is 0.160 e. The van der Waals surface area contributed by atoms with E-state index in [0.29, 0.717) is 5.82 Å². The summed E-state index contributed by atoms with van der Waals surface area (Å²) in [5.41, 5.74) is 13.4. The van der Waals surface area contributed by atoms with Gasteiger partial charge in [0.15, 0.2) is 5.82 Å². The lowest BCUT2D eigenvalue weighted by Crippen LogP contribution is -1.97. The van der Waals surface area contributed by atoms with Gasteiger partial charge in [0.2, 0.25) is 0 Å². The lowest BCUT2D eigenvalue weighted by molar-refractivity contribution is 1.18. The fourth-order valence-electron chi connectivity index (χ4n) is 8.94. The molecule has 0 aliphatic rings. The number of fused-ring (bicyclic) bond motifs is 13. The van der Waals surface area contributed by atoms with Crippen LogP contribution in [0.5, 0.6) is 0 Å². The topological polar surface area (TPSA) is 35.1 Å². The van der Waals surface area contributed by atoms with Crippen LogP contribution >= 0.6 is 0 Å². The molecular formula is C52H32N4. The Morgan fingerprint density at radius 1 is 0.321 bits per heavy atom. The highest BCUT2D eigenvalue weighted by atomic mass is 15.0. The molecule has 0 atom stereocenters. The van der Waals surface area contributed by atoms with Crippen LogP contribution in [0.4, 0.5) is 0 Å². The highest BCUT2D eigenvalue weighted by Crippen LogP contribution is 2.41. The summed E-state index contributed by atoms with van der Waals surface area (Å²) >= 11 is 0. The molecule has 260 valence electrons. The minimum atomic E-state index is 0.708. The van der Waals surface area contributed by atoms with E-state index >= 15 is 0 Å². The first-order valence-electron chi connectivity index (χ1n) is 19.1. The van der Waals surface area contributed by atoms with Gasteiger partial charge in [0.25, 0.3) is 0 Å². The van der Waals surface area contributed by atoms with Gasteiger partial charge >= 0.3 is 0 Å². The van der Waals surface area contributed by atoms with Crippen molar-refractivity contribution in [2.24, 2.45) is 0 Å². The van der Waals surface area contributed by atoms with Crippen LogP contribution < -0.4 is 0 Å². The van der Waals surface area contributed by atoms with E-state index in [0.717, 1.165) is 33.4 Å². The molecule has 56 heavy (non-hydrogen) atoms. The summed E-state index contributed by atoms with van der Waals surface area (Å²) in [5.74, 6) is 0.708. The van der Waals surface area contributed by atoms with E-state index in [4.69, 9.17) is 9.97 Å². The van der Waals surface area contributed by atoms with Crippen molar-refractivity contribution in [1.82, 2.24) is 18.9 Å². The molecule has 0 saturated carbocycles. The van der Waals surface area contributed by atoms with E-state index < -0.39 is 0 Å². The van der Waals surface area contributed by atoms with Gasteiger partial charge < -0.3 is 8.97 Å². The molecule has 4 heteroatoms. The fraction of sp³-hybridized carbons (Fsp3) is 0. The van der Waals surface area contributed by atoms with Gasteiger partial charge in [-0.2, -0.15) is 0 Å². The predicted molar refractivity (Wildman–Crippen MR) is 234 cm³/mol. The number of hydrogen-bond acceptors (Lipinski definition) is 2. The van der Waals surface area contributed by atoms with Crippen molar-refractivity contribution in [2.75, 3.05) is 0 Å². The van der Waals surface area contributed by atoms with Gasteiger partial charge in [0.05, 0.1) is 38.8 Å². The van der Waals surface area contributed by atoms with Crippen molar-refractivity contribution in [3.8, 4) is 39.5 Å². The van der Waals surface area contributed by atoms with Crippen LogP contribution in [0, 0.1) is 0 Å². The van der Waals surface area contributed by atoms with Crippen molar-refractivity contribution in [1.29, 1.82) is 0 Å². The average Bonchev–Trinajstić information content (AvgIpc) is 3.84. The predicted octanol–water partition coefficient (Wildman–Crippen LogP) is 13.4. The molecule has 0 N–H and O–H groups in total. The molecule has 0 amide bonds. The van der Waals surface area contributed by atoms with Gasteiger partial charge in [-0.1, -0.05) is 140 Å². The van der Waals surface area contributed by atoms with Gasteiger partial charge in [-0.25, -0.2) is 9.97 Å². The summed E-state index contributed by atoms with van der Waals surface area (Å²) in [6, 6.07) is 69.5. The van der Waals surface area contributed by atoms with Crippen LogP contribution in [-0.4, -0.2) is 18.9 Å². The standard InChI is InChI=1S/C52H32N4/c1-2-12-33(13-3-1)34-22-24-35(25-23-34)50-43-18-6-9-19-45(43)53-52(54-50)36-26-28-37(29-27-36)55-46-20-10-8-17-41(46)42-30-31-48-44(51(42)55)32-49-40-16-5-4-14-38(40)39-15-7-11-21-47(39)56(48)49/h1-32H. The molecule has 0 bridgehead atoms. The second kappa shape index (κ2) is 12.0. The Morgan fingerprint density at radius 3 is 1.64 bits per heavy atom. The maximum absolute atomic E-state index is 5.23. The highest BCUT2D eigenvalue weighted by molar-refractivity contribution is 6.22. The van der Waals surface area contributed by atoms with Gasteiger partial charge in [-0.3, -0.25) is 0 Å². The Labute approximate surface area is 322 Å². The minimum absolute atomic E-state index is 0.708. The number of pyridine rings is 1. The first-order valence-corrected chi connectivity index (χ1v) is 19.1. The number of hydrogen-bond donors (Lipinski definition) is 0. The summed E-state index contributed by atoms with van der Waals surface area (Å²) in [4.78, 5) is 10.3. The average molecular weight is 713 g/mol. The lowest BCUT2D eigenvalue weighted by Gasteiger charge is -2.12. The van der Waals surface area contributed by atoms with E-state index in [2.05, 4.69) is 191 Å². The molecular weight excluding hydrogens is 681 g/mol. The van der Waals surface area contributed by atoms with Crippen LogP contribution in [0.3, 0.4) is 0 Å². The molecule has 4 heterocycles. The van der Waals surface area contributed by atoms with E-state index in [-0.39, 0.29) is 0 Å². The summed E-state index contributed by atoms with van der Waals surface area (Å²) in [6.07, 6.45) is 0. The van der Waals surface area contributed by atoms with Crippen molar-refractivity contribution in [3.05, 3.63) is 194 Å². The van der Waals surface area contributed by atoms with Crippen LogP contribution in [0.2, 0.25) is 0 Å². The first kappa shape index (κ1) is 30.9. The SMILES string of the molecule is c1ccc(-c2ccc(-c3nc(-c4ccc(-n5c6ccccc6c6ccc7c(cc8c9ccccc9c9ccccc9n87)c65)cc4)nc4ccccc34)cc2)cc1. The van der Waals surface area contributed by atoms with E-state index in [1.165, 1.54) is 71.0 Å². The van der Waals surface area contributed by atoms with Crippen molar-refractivity contribution < 1.29 is 0 Å². The smallest absolute Gasteiger partial charge is 0.160 e. The van der Waals surface area contributed by atoms with E-state index in [1.807, 2.05) is 12.1 Å². The highest BCUT2D eigenvalue weighted by Gasteiger charge is 2.20. The molecule has 12 aromatic rings. The molecule has 0 aliphatic carbocycles.